The highest BCUT2D eigenvalue weighted by atomic mass is 32.3. The van der Waals surface area contributed by atoms with Crippen LogP contribution in [0.25, 0.3) is 34.2 Å². The second kappa shape index (κ2) is 16.3. The van der Waals surface area contributed by atoms with E-state index in [-0.39, 0.29) is 0 Å². The molecule has 0 bridgehead atoms. The van der Waals surface area contributed by atoms with Crippen molar-refractivity contribution in [3.8, 4) is 57.2 Å². The molecule has 0 aliphatic carbocycles. The number of ether oxygens (including phenoxy) is 2. The Morgan fingerprint density at radius 3 is 1.04 bits per heavy atom. The van der Waals surface area contributed by atoms with Crippen LogP contribution in [-0.2, 0) is 0 Å². The lowest BCUT2D eigenvalue weighted by Crippen LogP contribution is -2.13. The molecule has 0 saturated heterocycles. The zero-order valence-electron chi connectivity index (χ0n) is 37.3. The lowest BCUT2D eigenvalue weighted by Gasteiger charge is -2.46. The van der Waals surface area contributed by atoms with Gasteiger partial charge < -0.3 is 9.47 Å². The van der Waals surface area contributed by atoms with E-state index in [1.54, 1.807) is 0 Å². The summed E-state index contributed by atoms with van der Waals surface area (Å²) < 4.78 is 14.3. The summed E-state index contributed by atoms with van der Waals surface area (Å²) in [5, 5.41) is 0. The summed E-state index contributed by atoms with van der Waals surface area (Å²) in [4.78, 5) is 25.8. The Kier molecular flexibility index (Phi) is 9.93. The van der Waals surface area contributed by atoms with Gasteiger partial charge in [-0.15, -0.1) is 20.1 Å². The van der Waals surface area contributed by atoms with E-state index in [4.69, 9.17) is 24.4 Å². The minimum atomic E-state index is -2.07. The Labute approximate surface area is 394 Å². The molecule has 3 heterocycles. The monoisotopic (exact) mass is 903 g/mol. The number of aryl methyl sites for hydroxylation is 3. The number of nitrogens with zero attached hydrogens (tertiary/aromatic N) is 3. The van der Waals surface area contributed by atoms with Crippen LogP contribution in [0.1, 0.15) is 16.7 Å². The van der Waals surface area contributed by atoms with Gasteiger partial charge in [0, 0.05) is 44.7 Å². The molecule has 67 heavy (non-hydrogen) atoms. The zero-order chi connectivity index (χ0) is 45.1. The molecule has 0 unspecified atom stereocenters. The summed E-state index contributed by atoms with van der Waals surface area (Å²) in [6.45, 7) is 6.41. The van der Waals surface area contributed by atoms with Gasteiger partial charge in [0.1, 0.15) is 11.5 Å². The molecule has 324 valence electrons. The second-order valence-corrected chi connectivity index (χ2v) is 23.0. The summed E-state index contributed by atoms with van der Waals surface area (Å²) in [5.74, 6) is 4.73. The van der Waals surface area contributed by atoms with Crippen LogP contribution in [0.15, 0.2) is 258 Å². The Balaban J connectivity index is 1.15. The highest BCUT2D eigenvalue weighted by Gasteiger charge is 2.44. The van der Waals surface area contributed by atoms with Crippen LogP contribution in [0.4, 0.5) is 0 Å². The Hall–Kier alpha value is -7.71. The number of aromatic nitrogens is 3. The maximum atomic E-state index is 7.17. The molecule has 1 aromatic heterocycles. The Morgan fingerprint density at radius 2 is 0.657 bits per heavy atom. The van der Waals surface area contributed by atoms with Crippen LogP contribution in [0.3, 0.4) is 0 Å². The van der Waals surface area contributed by atoms with E-state index in [0.29, 0.717) is 17.5 Å². The Morgan fingerprint density at radius 1 is 0.328 bits per heavy atom. The van der Waals surface area contributed by atoms with Crippen molar-refractivity contribution in [2.45, 2.75) is 59.9 Å². The standard InChI is InChI=1S/C60H45N3O2S2/c1-40-38-41(2)55(42(3)39-40)60-62-58(47-30-20-36-53-56(47)64-49-32-16-18-34-51(49)66(53,43-22-8-4-9-23-43)44-24-10-5-11-25-44)61-59(63-60)48-31-21-37-54-57(48)65-50-33-17-19-35-52(50)67(54,45-26-12-6-13-27-45)46-28-14-7-15-29-46/h4-39H,1-3H3. The minimum Gasteiger partial charge on any atom is -0.454 e. The first kappa shape index (κ1) is 40.8. The van der Waals surface area contributed by atoms with Crippen molar-refractivity contribution in [3.05, 3.63) is 235 Å². The molecule has 0 spiro atoms. The third-order valence-electron chi connectivity index (χ3n) is 12.8. The van der Waals surface area contributed by atoms with E-state index in [2.05, 4.69) is 239 Å². The van der Waals surface area contributed by atoms with Crippen molar-refractivity contribution in [1.29, 1.82) is 0 Å². The molecule has 0 N–H and O–H groups in total. The van der Waals surface area contributed by atoms with Crippen molar-refractivity contribution in [2.75, 3.05) is 0 Å². The summed E-state index contributed by atoms with van der Waals surface area (Å²) in [7, 11) is -4.13. The number of benzene rings is 9. The lowest BCUT2D eigenvalue weighted by atomic mass is 9.99. The van der Waals surface area contributed by atoms with Crippen molar-refractivity contribution in [2.24, 2.45) is 0 Å². The molecule has 5 nitrogen and oxygen atoms in total. The normalized spacial score (nSPS) is 14.7. The fourth-order valence-electron chi connectivity index (χ4n) is 10.2. The first-order valence-electron chi connectivity index (χ1n) is 22.5. The van der Waals surface area contributed by atoms with Crippen molar-refractivity contribution < 1.29 is 9.47 Å². The smallest absolute Gasteiger partial charge is 0.167 e. The van der Waals surface area contributed by atoms with E-state index >= 15 is 0 Å². The molecular weight excluding hydrogens is 859 g/mol. The van der Waals surface area contributed by atoms with Crippen LogP contribution in [0.2, 0.25) is 0 Å². The van der Waals surface area contributed by atoms with Gasteiger partial charge in [0.2, 0.25) is 0 Å². The molecule has 0 atom stereocenters. The fraction of sp³-hybridized carbons (Fsp3) is 0.0500. The van der Waals surface area contributed by atoms with Gasteiger partial charge in [0.25, 0.3) is 0 Å². The number of hydrogen-bond donors (Lipinski definition) is 0. The van der Waals surface area contributed by atoms with Crippen LogP contribution in [-0.4, -0.2) is 15.0 Å². The van der Waals surface area contributed by atoms with Crippen molar-refractivity contribution >= 4 is 20.1 Å². The van der Waals surface area contributed by atoms with Gasteiger partial charge in [0.05, 0.1) is 11.1 Å². The van der Waals surface area contributed by atoms with Gasteiger partial charge in [-0.3, -0.25) is 0 Å². The van der Waals surface area contributed by atoms with Gasteiger partial charge in [-0.1, -0.05) is 127 Å². The molecule has 0 radical (unpaired) electrons. The molecule has 9 aromatic carbocycles. The molecular formula is C60H45N3O2S2. The zero-order valence-corrected chi connectivity index (χ0v) is 38.9. The van der Waals surface area contributed by atoms with Gasteiger partial charge in [-0.2, -0.15) is 0 Å². The molecule has 10 aromatic rings. The number of para-hydroxylation sites is 4. The SMILES string of the molecule is Cc1cc(C)c(-c2nc(-c3cccc4c3Oc3ccccc3S4(c3ccccc3)c3ccccc3)nc(-c3cccc4c3Oc3ccccc3S4(c3ccccc3)c3ccccc3)n2)c(C)c1. The van der Waals surface area contributed by atoms with Gasteiger partial charge in [-0.05, 0) is 129 Å². The quantitative estimate of drug-likeness (QED) is 0.159. The molecule has 7 heteroatoms. The molecule has 0 amide bonds. The maximum absolute atomic E-state index is 7.17. The van der Waals surface area contributed by atoms with E-state index in [1.165, 1.54) is 25.1 Å². The van der Waals surface area contributed by atoms with Crippen LogP contribution < -0.4 is 9.47 Å². The Bertz CT molecular complexity index is 3210. The molecule has 2 aliphatic heterocycles. The lowest BCUT2D eigenvalue weighted by molar-refractivity contribution is 0.453. The average molecular weight is 904 g/mol. The van der Waals surface area contributed by atoms with Crippen molar-refractivity contribution in [1.82, 2.24) is 15.0 Å². The van der Waals surface area contributed by atoms with Crippen LogP contribution in [0.5, 0.6) is 23.0 Å². The van der Waals surface area contributed by atoms with Gasteiger partial charge in [-0.25, -0.2) is 15.0 Å². The summed E-state index contributed by atoms with van der Waals surface area (Å²) in [6.07, 6.45) is 0. The average Bonchev–Trinajstić information content (AvgIpc) is 3.37. The first-order valence-corrected chi connectivity index (χ1v) is 25.7. The highest BCUT2D eigenvalue weighted by molar-refractivity contribution is 8.34. The third kappa shape index (κ3) is 6.37. The van der Waals surface area contributed by atoms with Crippen LogP contribution in [0, 0.1) is 20.8 Å². The predicted octanol–water partition coefficient (Wildman–Crippen LogP) is 16.7. The number of hydrogen-bond acceptors (Lipinski definition) is 5. The second-order valence-electron chi connectivity index (χ2n) is 16.9. The van der Waals surface area contributed by atoms with E-state index in [0.717, 1.165) is 70.4 Å². The van der Waals surface area contributed by atoms with E-state index in [1.807, 2.05) is 0 Å². The summed E-state index contributed by atoms with van der Waals surface area (Å²) in [5.41, 5.74) is 5.91. The topological polar surface area (TPSA) is 57.1 Å². The number of rotatable bonds is 7. The van der Waals surface area contributed by atoms with Crippen LogP contribution >= 0.6 is 20.1 Å². The molecule has 0 fully saturated rings. The molecule has 0 saturated carbocycles. The highest BCUT2D eigenvalue weighted by Crippen LogP contribution is 2.81. The van der Waals surface area contributed by atoms with E-state index < -0.39 is 20.1 Å². The summed E-state index contributed by atoms with van der Waals surface area (Å²) in [6, 6.07) is 77.8. The number of fused-ring (bicyclic) bond motifs is 4. The molecule has 2 aliphatic rings. The minimum absolute atomic E-state index is 0.517. The molecule has 12 rings (SSSR count). The fourth-order valence-corrected chi connectivity index (χ4v) is 18.3. The van der Waals surface area contributed by atoms with Gasteiger partial charge in [0.15, 0.2) is 29.0 Å². The van der Waals surface area contributed by atoms with E-state index in [9.17, 15) is 0 Å². The summed E-state index contributed by atoms with van der Waals surface area (Å²) >= 11 is 0. The predicted molar refractivity (Wildman–Crippen MR) is 270 cm³/mol. The van der Waals surface area contributed by atoms with Gasteiger partial charge >= 0.3 is 0 Å². The van der Waals surface area contributed by atoms with Crippen molar-refractivity contribution in [3.63, 3.8) is 0 Å². The largest absolute Gasteiger partial charge is 0.454 e. The maximum Gasteiger partial charge on any atom is 0.167 e. The first-order chi connectivity index (χ1) is 33.0. The third-order valence-corrected chi connectivity index (χ3v) is 20.7.